The van der Waals surface area contributed by atoms with Gasteiger partial charge in [-0.05, 0) is 67.6 Å². The van der Waals surface area contributed by atoms with Crippen molar-refractivity contribution in [3.05, 3.63) is 58.6 Å². The van der Waals surface area contributed by atoms with Crippen LogP contribution in [0, 0.1) is 0 Å². The number of nitrogens with zero attached hydrogens (tertiary/aromatic N) is 1. The van der Waals surface area contributed by atoms with Crippen LogP contribution >= 0.6 is 15.9 Å². The first-order valence-electron chi connectivity index (χ1n) is 9.57. The predicted octanol–water partition coefficient (Wildman–Crippen LogP) is 4.27. The van der Waals surface area contributed by atoms with Crippen LogP contribution in [0.5, 0.6) is 5.75 Å². The van der Waals surface area contributed by atoms with Crippen LogP contribution in [-0.2, 0) is 10.2 Å². The van der Waals surface area contributed by atoms with E-state index in [1.807, 2.05) is 24.3 Å². The monoisotopic (exact) mass is 428 g/mol. The maximum absolute atomic E-state index is 13.0. The van der Waals surface area contributed by atoms with Crippen molar-refractivity contribution in [1.29, 1.82) is 0 Å². The van der Waals surface area contributed by atoms with Crippen molar-refractivity contribution in [2.24, 2.45) is 0 Å². The van der Waals surface area contributed by atoms with Crippen LogP contribution in [0.2, 0.25) is 0 Å². The molecule has 0 aromatic heterocycles. The number of methoxy groups -OCH3 is 1. The summed E-state index contributed by atoms with van der Waals surface area (Å²) >= 11 is 3.47. The number of anilines is 1. The molecule has 1 heterocycles. The molecule has 0 unspecified atom stereocenters. The Hall–Kier alpha value is -2.01. The lowest BCUT2D eigenvalue weighted by molar-refractivity contribution is -0.124. The molecule has 2 aromatic carbocycles. The van der Waals surface area contributed by atoms with E-state index in [4.69, 9.17) is 4.74 Å². The van der Waals surface area contributed by atoms with Gasteiger partial charge in [0.25, 0.3) is 0 Å². The molecule has 142 valence electrons. The number of nitrogens with one attached hydrogen (secondary N) is 1. The number of benzene rings is 2. The summed E-state index contributed by atoms with van der Waals surface area (Å²) in [6, 6.07) is 16.7. The molecule has 4 rings (SSSR count). The van der Waals surface area contributed by atoms with Crippen molar-refractivity contribution in [2.75, 3.05) is 25.1 Å². The number of carbonyl (C=O) groups excluding carboxylic acids is 1. The van der Waals surface area contributed by atoms with Gasteiger partial charge in [-0.1, -0.05) is 28.1 Å². The van der Waals surface area contributed by atoms with Gasteiger partial charge in [-0.25, -0.2) is 0 Å². The molecule has 1 aliphatic heterocycles. The number of carbonyl (C=O) groups is 1. The summed E-state index contributed by atoms with van der Waals surface area (Å²) in [6.45, 7) is 1.92. The second-order valence-electron chi connectivity index (χ2n) is 7.52. The number of amides is 1. The molecule has 5 heteroatoms. The lowest BCUT2D eigenvalue weighted by Gasteiger charge is -2.34. The summed E-state index contributed by atoms with van der Waals surface area (Å²) in [5, 5.41) is 3.33. The van der Waals surface area contributed by atoms with E-state index in [-0.39, 0.29) is 17.4 Å². The van der Waals surface area contributed by atoms with Crippen LogP contribution in [0.4, 0.5) is 5.69 Å². The lowest BCUT2D eigenvalue weighted by Crippen LogP contribution is -2.47. The lowest BCUT2D eigenvalue weighted by atomic mass is 9.94. The summed E-state index contributed by atoms with van der Waals surface area (Å²) in [4.78, 5) is 15.3. The fourth-order valence-corrected chi connectivity index (χ4v) is 4.20. The van der Waals surface area contributed by atoms with Gasteiger partial charge >= 0.3 is 0 Å². The second kappa shape index (κ2) is 7.55. The Labute approximate surface area is 169 Å². The van der Waals surface area contributed by atoms with Crippen LogP contribution in [0.15, 0.2) is 53.0 Å². The van der Waals surface area contributed by atoms with Crippen molar-refractivity contribution < 1.29 is 9.53 Å². The van der Waals surface area contributed by atoms with E-state index in [2.05, 4.69) is 50.4 Å². The normalized spacial score (nSPS) is 18.8. The zero-order valence-electron chi connectivity index (χ0n) is 15.6. The van der Waals surface area contributed by atoms with E-state index in [1.54, 1.807) is 7.11 Å². The Bertz CT molecular complexity index is 792. The molecular weight excluding hydrogens is 404 g/mol. The van der Waals surface area contributed by atoms with Gasteiger partial charge in [-0.15, -0.1) is 0 Å². The second-order valence-corrected chi connectivity index (χ2v) is 8.44. The molecule has 2 aliphatic rings. The van der Waals surface area contributed by atoms with Gasteiger partial charge in [0.05, 0.1) is 12.5 Å². The molecule has 2 fully saturated rings. The molecular formula is C22H25BrN2O2. The van der Waals surface area contributed by atoms with Crippen molar-refractivity contribution in [3.63, 3.8) is 0 Å². The molecule has 0 radical (unpaired) electrons. The standard InChI is InChI=1S/C22H25BrN2O2/c1-27-20-8-6-19(7-9-20)25-14-10-18(11-15-25)24-21(26)22(12-13-22)16-2-4-17(23)5-3-16/h2-9,18H,10-15H2,1H3,(H,24,26). The van der Waals surface area contributed by atoms with E-state index < -0.39 is 0 Å². The number of halogens is 1. The number of hydrogen-bond donors (Lipinski definition) is 1. The average Bonchev–Trinajstić information content (AvgIpc) is 3.51. The third kappa shape index (κ3) is 3.84. The molecule has 1 aliphatic carbocycles. The highest BCUT2D eigenvalue weighted by molar-refractivity contribution is 9.10. The molecule has 0 atom stereocenters. The van der Waals surface area contributed by atoms with Gasteiger partial charge in [-0.3, -0.25) is 4.79 Å². The van der Waals surface area contributed by atoms with E-state index in [1.165, 1.54) is 5.69 Å². The topological polar surface area (TPSA) is 41.6 Å². The predicted molar refractivity (Wildman–Crippen MR) is 111 cm³/mol. The van der Waals surface area contributed by atoms with Crippen molar-refractivity contribution >= 4 is 27.5 Å². The van der Waals surface area contributed by atoms with E-state index in [9.17, 15) is 4.79 Å². The highest BCUT2D eigenvalue weighted by Gasteiger charge is 2.51. The first-order valence-corrected chi connectivity index (χ1v) is 10.4. The number of rotatable bonds is 5. The molecule has 2 aromatic rings. The summed E-state index contributed by atoms with van der Waals surface area (Å²) in [5.41, 5.74) is 2.06. The molecule has 0 bridgehead atoms. The maximum Gasteiger partial charge on any atom is 0.230 e. The van der Waals surface area contributed by atoms with Gasteiger partial charge in [-0.2, -0.15) is 0 Å². The minimum atomic E-state index is -0.298. The van der Waals surface area contributed by atoms with E-state index in [0.29, 0.717) is 0 Å². The third-order valence-electron chi connectivity index (χ3n) is 5.85. The zero-order valence-corrected chi connectivity index (χ0v) is 17.2. The maximum atomic E-state index is 13.0. The third-order valence-corrected chi connectivity index (χ3v) is 6.38. The molecule has 4 nitrogen and oxygen atoms in total. The Morgan fingerprint density at radius 1 is 1.07 bits per heavy atom. The molecule has 27 heavy (non-hydrogen) atoms. The Morgan fingerprint density at radius 2 is 1.70 bits per heavy atom. The molecule has 1 amide bonds. The SMILES string of the molecule is COc1ccc(N2CCC(NC(=O)C3(c4ccc(Br)cc4)CC3)CC2)cc1. The van der Waals surface area contributed by atoms with Gasteiger partial charge in [0.15, 0.2) is 0 Å². The highest BCUT2D eigenvalue weighted by atomic mass is 79.9. The molecule has 1 saturated carbocycles. The van der Waals surface area contributed by atoms with Gasteiger partial charge in [0.2, 0.25) is 5.91 Å². The Balaban J connectivity index is 1.33. The van der Waals surface area contributed by atoms with E-state index in [0.717, 1.165) is 54.6 Å². The molecule has 1 N–H and O–H groups in total. The summed E-state index contributed by atoms with van der Waals surface area (Å²) in [7, 11) is 1.68. The number of piperidine rings is 1. The van der Waals surface area contributed by atoms with Gasteiger partial charge in [0, 0.05) is 29.3 Å². The number of hydrogen-bond acceptors (Lipinski definition) is 3. The minimum Gasteiger partial charge on any atom is -0.497 e. The summed E-state index contributed by atoms with van der Waals surface area (Å²) in [5.74, 6) is 1.08. The van der Waals surface area contributed by atoms with Crippen LogP contribution < -0.4 is 15.0 Å². The van der Waals surface area contributed by atoms with Crippen LogP contribution in [0.25, 0.3) is 0 Å². The fourth-order valence-electron chi connectivity index (χ4n) is 3.94. The Morgan fingerprint density at radius 3 is 2.26 bits per heavy atom. The fraction of sp³-hybridized carbons (Fsp3) is 0.409. The van der Waals surface area contributed by atoms with Crippen molar-refractivity contribution in [2.45, 2.75) is 37.1 Å². The zero-order chi connectivity index (χ0) is 18.9. The van der Waals surface area contributed by atoms with Crippen LogP contribution in [0.1, 0.15) is 31.2 Å². The Kier molecular flexibility index (Phi) is 5.13. The largest absolute Gasteiger partial charge is 0.497 e. The average molecular weight is 429 g/mol. The molecule has 0 spiro atoms. The quantitative estimate of drug-likeness (QED) is 0.772. The summed E-state index contributed by atoms with van der Waals surface area (Å²) in [6.07, 6.45) is 3.86. The molecule has 1 saturated heterocycles. The summed E-state index contributed by atoms with van der Waals surface area (Å²) < 4.78 is 6.28. The highest BCUT2D eigenvalue weighted by Crippen LogP contribution is 2.48. The number of ether oxygens (including phenoxy) is 1. The van der Waals surface area contributed by atoms with Gasteiger partial charge in [0.1, 0.15) is 5.75 Å². The van der Waals surface area contributed by atoms with Gasteiger partial charge < -0.3 is 15.0 Å². The van der Waals surface area contributed by atoms with Crippen LogP contribution in [-0.4, -0.2) is 32.1 Å². The van der Waals surface area contributed by atoms with Crippen molar-refractivity contribution in [3.8, 4) is 5.75 Å². The van der Waals surface area contributed by atoms with Crippen molar-refractivity contribution in [1.82, 2.24) is 5.32 Å². The minimum absolute atomic E-state index is 0.202. The van der Waals surface area contributed by atoms with Crippen LogP contribution in [0.3, 0.4) is 0 Å². The first kappa shape index (κ1) is 18.4. The first-order chi connectivity index (χ1) is 13.1. The smallest absolute Gasteiger partial charge is 0.230 e. The van der Waals surface area contributed by atoms with E-state index >= 15 is 0 Å².